The summed E-state index contributed by atoms with van der Waals surface area (Å²) in [6, 6.07) is 5.30. The summed E-state index contributed by atoms with van der Waals surface area (Å²) in [6.45, 7) is 0.358. The first-order chi connectivity index (χ1) is 6.75. The number of hydrogen-bond acceptors (Lipinski definition) is 3. The van der Waals surface area contributed by atoms with E-state index in [2.05, 4.69) is 26.2 Å². The van der Waals surface area contributed by atoms with Crippen molar-refractivity contribution >= 4 is 21.8 Å². The van der Waals surface area contributed by atoms with Crippen molar-refractivity contribution in [3.05, 3.63) is 28.5 Å². The molecule has 0 aromatic carbocycles. The van der Waals surface area contributed by atoms with Crippen LogP contribution in [0.5, 0.6) is 0 Å². The van der Waals surface area contributed by atoms with E-state index < -0.39 is 0 Å². The molecule has 0 saturated heterocycles. The average molecular weight is 254 g/mol. The van der Waals surface area contributed by atoms with E-state index in [9.17, 15) is 4.79 Å². The Balaban J connectivity index is 2.62. The Morgan fingerprint density at radius 2 is 2.50 bits per heavy atom. The predicted octanol–water partition coefficient (Wildman–Crippen LogP) is 1.49. The monoisotopic (exact) mass is 253 g/mol. The topological polar surface area (TPSA) is 65.8 Å². The molecule has 0 radical (unpaired) electrons. The fraction of sp³-hybridized carbons (Fsp3) is 0.222. The van der Waals surface area contributed by atoms with Crippen molar-refractivity contribution in [2.45, 2.75) is 6.42 Å². The summed E-state index contributed by atoms with van der Waals surface area (Å²) in [4.78, 5) is 15.4. The van der Waals surface area contributed by atoms with E-state index in [1.54, 1.807) is 18.3 Å². The van der Waals surface area contributed by atoms with Crippen LogP contribution in [0.4, 0.5) is 0 Å². The van der Waals surface area contributed by atoms with Crippen LogP contribution in [-0.4, -0.2) is 17.4 Å². The number of nitrogens with one attached hydrogen (secondary N) is 1. The van der Waals surface area contributed by atoms with E-state index in [-0.39, 0.29) is 5.91 Å². The molecule has 1 aromatic heterocycles. The Bertz CT molecular complexity index is 373. The molecule has 1 N–H and O–H groups in total. The molecule has 1 amide bonds. The lowest BCUT2D eigenvalue weighted by Crippen LogP contribution is -2.24. The van der Waals surface area contributed by atoms with Gasteiger partial charge >= 0.3 is 0 Å². The number of aromatic nitrogens is 1. The smallest absolute Gasteiger partial charge is 0.254 e. The van der Waals surface area contributed by atoms with Gasteiger partial charge in [0.2, 0.25) is 0 Å². The highest BCUT2D eigenvalue weighted by Gasteiger charge is 2.08. The highest BCUT2D eigenvalue weighted by atomic mass is 79.9. The molecule has 5 heteroatoms. The Morgan fingerprint density at radius 3 is 3.14 bits per heavy atom. The molecule has 0 aliphatic rings. The van der Waals surface area contributed by atoms with Crippen molar-refractivity contribution in [1.82, 2.24) is 10.3 Å². The normalized spacial score (nSPS) is 9.14. The second-order valence-corrected chi connectivity index (χ2v) is 3.26. The summed E-state index contributed by atoms with van der Waals surface area (Å²) in [6.07, 6.45) is 1.90. The van der Waals surface area contributed by atoms with Gasteiger partial charge in [-0.1, -0.05) is 0 Å². The number of carbonyl (C=O) groups is 1. The minimum atomic E-state index is -0.222. The average Bonchev–Trinajstić information content (AvgIpc) is 2.18. The number of carbonyl (C=O) groups excluding carboxylic acids is 1. The molecule has 0 saturated carbocycles. The van der Waals surface area contributed by atoms with E-state index in [1.165, 1.54) is 0 Å². The van der Waals surface area contributed by atoms with Gasteiger partial charge in [-0.05, 0) is 28.1 Å². The summed E-state index contributed by atoms with van der Waals surface area (Å²) in [5, 5.41) is 10.9. The third kappa shape index (κ3) is 2.82. The molecule has 0 spiro atoms. The molecule has 14 heavy (non-hydrogen) atoms. The molecule has 1 aromatic rings. The molecular weight excluding hydrogens is 246 g/mol. The van der Waals surface area contributed by atoms with E-state index in [4.69, 9.17) is 5.26 Å². The molecule has 1 rings (SSSR count). The summed E-state index contributed by atoms with van der Waals surface area (Å²) in [5.41, 5.74) is 0.477. The fourth-order valence-corrected chi connectivity index (χ4v) is 1.31. The third-order valence-corrected chi connectivity index (χ3v) is 2.16. The molecular formula is C9H8BrN3O. The van der Waals surface area contributed by atoms with E-state index in [0.29, 0.717) is 23.1 Å². The van der Waals surface area contributed by atoms with Gasteiger partial charge in [0.1, 0.15) is 4.60 Å². The minimum Gasteiger partial charge on any atom is -0.351 e. The van der Waals surface area contributed by atoms with Crippen LogP contribution in [-0.2, 0) is 0 Å². The van der Waals surface area contributed by atoms with Crippen LogP contribution in [0.3, 0.4) is 0 Å². The number of pyridine rings is 1. The molecule has 0 aliphatic heterocycles. The SMILES string of the molecule is N#CCCNC(=O)c1cccnc1Br. The highest BCUT2D eigenvalue weighted by Crippen LogP contribution is 2.11. The minimum absolute atomic E-state index is 0.222. The first kappa shape index (κ1) is 10.7. The number of amides is 1. The fourth-order valence-electron chi connectivity index (χ4n) is 0.883. The Kier molecular flexibility index (Phi) is 4.08. The zero-order chi connectivity index (χ0) is 10.4. The number of rotatable bonds is 3. The van der Waals surface area contributed by atoms with Crippen LogP contribution in [0.25, 0.3) is 0 Å². The number of halogens is 1. The molecule has 0 aliphatic carbocycles. The van der Waals surface area contributed by atoms with Crippen molar-refractivity contribution in [2.24, 2.45) is 0 Å². The van der Waals surface area contributed by atoms with Gasteiger partial charge < -0.3 is 5.32 Å². The Hall–Kier alpha value is -1.41. The summed E-state index contributed by atoms with van der Waals surface area (Å²) >= 11 is 3.17. The number of nitrogens with zero attached hydrogens (tertiary/aromatic N) is 2. The molecule has 0 bridgehead atoms. The van der Waals surface area contributed by atoms with E-state index in [1.807, 2.05) is 6.07 Å². The molecule has 0 unspecified atom stereocenters. The summed E-state index contributed by atoms with van der Waals surface area (Å²) < 4.78 is 0.509. The van der Waals surface area contributed by atoms with Crippen LogP contribution < -0.4 is 5.32 Å². The van der Waals surface area contributed by atoms with Crippen molar-refractivity contribution in [2.75, 3.05) is 6.54 Å². The Labute approximate surface area is 90.1 Å². The van der Waals surface area contributed by atoms with Crippen molar-refractivity contribution in [3.63, 3.8) is 0 Å². The second kappa shape index (κ2) is 5.35. The highest BCUT2D eigenvalue weighted by molar-refractivity contribution is 9.10. The van der Waals surface area contributed by atoms with E-state index >= 15 is 0 Å². The van der Waals surface area contributed by atoms with Gasteiger partial charge in [-0.15, -0.1) is 0 Å². The van der Waals surface area contributed by atoms with E-state index in [0.717, 1.165) is 0 Å². The summed E-state index contributed by atoms with van der Waals surface area (Å²) in [5.74, 6) is -0.222. The second-order valence-electron chi connectivity index (χ2n) is 2.51. The molecule has 0 fully saturated rings. The van der Waals surface area contributed by atoms with Crippen molar-refractivity contribution in [3.8, 4) is 6.07 Å². The lowest BCUT2D eigenvalue weighted by Gasteiger charge is -2.03. The first-order valence-corrected chi connectivity index (χ1v) is 4.80. The van der Waals surface area contributed by atoms with Gasteiger partial charge in [0.15, 0.2) is 0 Å². The standard InChI is InChI=1S/C9H8BrN3O/c10-8-7(3-1-5-12-8)9(14)13-6-2-4-11/h1,3,5H,2,6H2,(H,13,14). The van der Waals surface area contributed by atoms with Gasteiger partial charge in [-0.2, -0.15) is 5.26 Å². The predicted molar refractivity (Wildman–Crippen MR) is 54.5 cm³/mol. The molecule has 72 valence electrons. The number of nitriles is 1. The van der Waals surface area contributed by atoms with Crippen molar-refractivity contribution in [1.29, 1.82) is 5.26 Å². The summed E-state index contributed by atoms with van der Waals surface area (Å²) in [7, 11) is 0. The zero-order valence-electron chi connectivity index (χ0n) is 7.33. The maximum Gasteiger partial charge on any atom is 0.254 e. The Morgan fingerprint density at radius 1 is 1.71 bits per heavy atom. The quantitative estimate of drug-likeness (QED) is 0.656. The van der Waals surface area contributed by atoms with Crippen LogP contribution in [0.15, 0.2) is 22.9 Å². The van der Waals surface area contributed by atoms with Gasteiger partial charge in [0.25, 0.3) is 5.91 Å². The van der Waals surface area contributed by atoms with Crippen LogP contribution in [0.2, 0.25) is 0 Å². The lowest BCUT2D eigenvalue weighted by molar-refractivity contribution is 0.0953. The van der Waals surface area contributed by atoms with Crippen LogP contribution >= 0.6 is 15.9 Å². The maximum absolute atomic E-state index is 11.4. The van der Waals surface area contributed by atoms with Crippen LogP contribution in [0.1, 0.15) is 16.8 Å². The maximum atomic E-state index is 11.4. The van der Waals surface area contributed by atoms with Gasteiger partial charge in [0.05, 0.1) is 18.1 Å². The zero-order valence-corrected chi connectivity index (χ0v) is 8.91. The van der Waals surface area contributed by atoms with Gasteiger partial charge in [-0.3, -0.25) is 4.79 Å². The van der Waals surface area contributed by atoms with Crippen molar-refractivity contribution < 1.29 is 4.79 Å². The molecule has 0 atom stereocenters. The van der Waals surface area contributed by atoms with Gasteiger partial charge in [-0.25, -0.2) is 4.98 Å². The third-order valence-electron chi connectivity index (χ3n) is 1.53. The lowest BCUT2D eigenvalue weighted by atomic mass is 10.2. The largest absolute Gasteiger partial charge is 0.351 e. The number of hydrogen-bond donors (Lipinski definition) is 1. The molecule has 4 nitrogen and oxygen atoms in total. The van der Waals surface area contributed by atoms with Crippen LogP contribution in [0, 0.1) is 11.3 Å². The van der Waals surface area contributed by atoms with Gasteiger partial charge in [0, 0.05) is 12.7 Å². The molecule has 1 heterocycles. The first-order valence-electron chi connectivity index (χ1n) is 4.01.